The maximum Gasteiger partial charge on any atom is 0.0307 e. The third-order valence-electron chi connectivity index (χ3n) is 2.67. The van der Waals surface area contributed by atoms with E-state index in [0.29, 0.717) is 5.41 Å². The topological polar surface area (TPSA) is 12.0 Å². The molecule has 0 saturated carbocycles. The third kappa shape index (κ3) is 6.44. The molecule has 100 valence electrons. The van der Waals surface area contributed by atoms with Crippen LogP contribution < -0.4 is 5.32 Å². The molecule has 0 fully saturated rings. The van der Waals surface area contributed by atoms with Crippen LogP contribution in [0.15, 0.2) is 11.4 Å². The molecule has 0 aliphatic rings. The molecule has 0 radical (unpaired) electrons. The Morgan fingerprint density at radius 3 is 2.18 bits per heavy atom. The van der Waals surface area contributed by atoms with E-state index in [0.717, 1.165) is 6.54 Å². The number of halogens is 1. The Hall–Kier alpha value is -0.0500. The van der Waals surface area contributed by atoms with Gasteiger partial charge in [-0.25, -0.2) is 0 Å². The second-order valence-corrected chi connectivity index (χ2v) is 7.50. The first-order valence-corrected chi connectivity index (χ1v) is 6.86. The van der Waals surface area contributed by atoms with Gasteiger partial charge in [-0.1, -0.05) is 20.8 Å². The van der Waals surface area contributed by atoms with Crippen LogP contribution in [0, 0.1) is 12.3 Å². The average Bonchev–Trinajstić information content (AvgIpc) is 2.43. The molecule has 0 unspecified atom stereocenters. The minimum atomic E-state index is 0. The summed E-state index contributed by atoms with van der Waals surface area (Å²) in [6.45, 7) is 14.7. The van der Waals surface area contributed by atoms with Crippen LogP contribution in [0.3, 0.4) is 0 Å². The Labute approximate surface area is 116 Å². The van der Waals surface area contributed by atoms with E-state index in [4.69, 9.17) is 0 Å². The van der Waals surface area contributed by atoms with Crippen molar-refractivity contribution in [3.8, 4) is 0 Å². The molecule has 17 heavy (non-hydrogen) atoms. The second kappa shape index (κ2) is 6.21. The van der Waals surface area contributed by atoms with Gasteiger partial charge in [0.05, 0.1) is 0 Å². The lowest BCUT2D eigenvalue weighted by molar-refractivity contribution is 0.241. The molecule has 0 saturated heterocycles. The zero-order valence-corrected chi connectivity index (χ0v) is 13.5. The molecule has 1 nitrogen and oxygen atoms in total. The fraction of sp³-hybridized carbons (Fsp3) is 0.714. The van der Waals surface area contributed by atoms with Crippen molar-refractivity contribution in [3.63, 3.8) is 0 Å². The van der Waals surface area contributed by atoms with E-state index in [1.807, 2.05) is 11.3 Å². The Balaban J connectivity index is 0.00000256. The van der Waals surface area contributed by atoms with Crippen LogP contribution in [0.2, 0.25) is 0 Å². The van der Waals surface area contributed by atoms with Crippen molar-refractivity contribution in [2.24, 2.45) is 5.41 Å². The van der Waals surface area contributed by atoms with Crippen molar-refractivity contribution in [1.82, 2.24) is 5.32 Å². The van der Waals surface area contributed by atoms with Crippen LogP contribution in [-0.4, -0.2) is 5.54 Å². The lowest BCUT2D eigenvalue weighted by Gasteiger charge is -2.33. The first-order chi connectivity index (χ1) is 7.20. The minimum absolute atomic E-state index is 0. The fourth-order valence-corrected chi connectivity index (χ4v) is 3.14. The quantitative estimate of drug-likeness (QED) is 0.834. The van der Waals surface area contributed by atoms with Gasteiger partial charge in [-0.3, -0.25) is 0 Å². The summed E-state index contributed by atoms with van der Waals surface area (Å²) in [5.41, 5.74) is 1.99. The molecule has 3 heteroatoms. The lowest BCUT2D eigenvalue weighted by Crippen LogP contribution is -2.41. The standard InChI is InChI=1S/C14H25NS.ClH/c1-11-7-8-16-12(11)9-15-14(5,6)10-13(2,3)4;/h7-8,15H,9-10H2,1-6H3;1H. The zero-order chi connectivity index (χ0) is 12.4. The number of nitrogens with one attached hydrogen (secondary N) is 1. The minimum Gasteiger partial charge on any atom is -0.307 e. The molecule has 1 aromatic heterocycles. The van der Waals surface area contributed by atoms with Gasteiger partial charge in [0.1, 0.15) is 0 Å². The van der Waals surface area contributed by atoms with E-state index in [-0.39, 0.29) is 17.9 Å². The van der Waals surface area contributed by atoms with Crippen LogP contribution in [0.5, 0.6) is 0 Å². The van der Waals surface area contributed by atoms with E-state index < -0.39 is 0 Å². The molecule has 0 spiro atoms. The van der Waals surface area contributed by atoms with Gasteiger partial charge in [0.2, 0.25) is 0 Å². The average molecular weight is 276 g/mol. The van der Waals surface area contributed by atoms with Gasteiger partial charge in [-0.2, -0.15) is 0 Å². The Morgan fingerprint density at radius 1 is 1.18 bits per heavy atom. The number of rotatable bonds is 4. The van der Waals surface area contributed by atoms with Crippen LogP contribution in [0.4, 0.5) is 0 Å². The van der Waals surface area contributed by atoms with E-state index >= 15 is 0 Å². The predicted molar refractivity (Wildman–Crippen MR) is 81.3 cm³/mol. The van der Waals surface area contributed by atoms with Gasteiger partial charge in [-0.05, 0) is 49.6 Å². The molecule has 0 atom stereocenters. The number of aryl methyl sites for hydroxylation is 1. The summed E-state index contributed by atoms with van der Waals surface area (Å²) in [7, 11) is 0. The summed E-state index contributed by atoms with van der Waals surface area (Å²) >= 11 is 1.85. The molecular formula is C14H26ClNS. The SMILES string of the molecule is Cc1ccsc1CNC(C)(C)CC(C)(C)C.Cl. The highest BCUT2D eigenvalue weighted by molar-refractivity contribution is 7.10. The molecule has 0 bridgehead atoms. The highest BCUT2D eigenvalue weighted by atomic mass is 35.5. The second-order valence-electron chi connectivity index (χ2n) is 6.50. The normalized spacial score (nSPS) is 12.4. The summed E-state index contributed by atoms with van der Waals surface area (Å²) in [6.07, 6.45) is 1.18. The van der Waals surface area contributed by atoms with E-state index in [9.17, 15) is 0 Å². The maximum atomic E-state index is 3.67. The Morgan fingerprint density at radius 2 is 1.76 bits per heavy atom. The van der Waals surface area contributed by atoms with Gasteiger partial charge in [0.25, 0.3) is 0 Å². The van der Waals surface area contributed by atoms with Crippen molar-refractivity contribution in [2.45, 2.75) is 60.0 Å². The summed E-state index contributed by atoms with van der Waals surface area (Å²) in [6, 6.07) is 2.19. The molecule has 1 rings (SSSR count). The summed E-state index contributed by atoms with van der Waals surface area (Å²) in [4.78, 5) is 1.46. The lowest BCUT2D eigenvalue weighted by atomic mass is 9.82. The van der Waals surface area contributed by atoms with Gasteiger partial charge in [0.15, 0.2) is 0 Å². The molecule has 1 N–H and O–H groups in total. The van der Waals surface area contributed by atoms with Crippen molar-refractivity contribution in [3.05, 3.63) is 21.9 Å². The van der Waals surface area contributed by atoms with E-state index in [1.165, 1.54) is 16.9 Å². The van der Waals surface area contributed by atoms with Crippen molar-refractivity contribution >= 4 is 23.7 Å². The molecule has 0 amide bonds. The highest BCUT2D eigenvalue weighted by Crippen LogP contribution is 2.27. The largest absolute Gasteiger partial charge is 0.307 e. The predicted octanol–water partition coefficient (Wildman–Crippen LogP) is 4.78. The number of hydrogen-bond donors (Lipinski definition) is 1. The van der Waals surface area contributed by atoms with Crippen molar-refractivity contribution in [1.29, 1.82) is 0 Å². The first kappa shape index (κ1) is 16.9. The molecule has 1 aromatic rings. The van der Waals surface area contributed by atoms with Crippen LogP contribution in [0.1, 0.15) is 51.5 Å². The Kier molecular flexibility index (Phi) is 6.20. The summed E-state index contributed by atoms with van der Waals surface area (Å²) in [5, 5.41) is 5.84. The van der Waals surface area contributed by atoms with E-state index in [2.05, 4.69) is 58.3 Å². The van der Waals surface area contributed by atoms with Gasteiger partial charge in [0, 0.05) is 17.0 Å². The molecule has 0 aromatic carbocycles. The van der Waals surface area contributed by atoms with Crippen LogP contribution in [0.25, 0.3) is 0 Å². The Bertz CT molecular complexity index is 336. The molecular weight excluding hydrogens is 250 g/mol. The monoisotopic (exact) mass is 275 g/mol. The zero-order valence-electron chi connectivity index (χ0n) is 11.9. The maximum absolute atomic E-state index is 3.67. The van der Waals surface area contributed by atoms with Gasteiger partial charge < -0.3 is 5.32 Å². The highest BCUT2D eigenvalue weighted by Gasteiger charge is 2.24. The van der Waals surface area contributed by atoms with Gasteiger partial charge in [-0.15, -0.1) is 23.7 Å². The fourth-order valence-electron chi connectivity index (χ4n) is 2.29. The number of hydrogen-bond acceptors (Lipinski definition) is 2. The summed E-state index contributed by atoms with van der Waals surface area (Å²) < 4.78 is 0. The molecule has 1 heterocycles. The number of thiophene rings is 1. The van der Waals surface area contributed by atoms with Crippen LogP contribution >= 0.6 is 23.7 Å². The first-order valence-electron chi connectivity index (χ1n) is 5.98. The van der Waals surface area contributed by atoms with Crippen LogP contribution in [-0.2, 0) is 6.54 Å². The molecule has 0 aliphatic heterocycles. The van der Waals surface area contributed by atoms with Gasteiger partial charge >= 0.3 is 0 Å². The summed E-state index contributed by atoms with van der Waals surface area (Å²) in [5.74, 6) is 0. The van der Waals surface area contributed by atoms with Crippen molar-refractivity contribution in [2.75, 3.05) is 0 Å². The third-order valence-corrected chi connectivity index (χ3v) is 3.69. The smallest absolute Gasteiger partial charge is 0.0307 e. The van der Waals surface area contributed by atoms with E-state index in [1.54, 1.807) is 0 Å². The molecule has 0 aliphatic carbocycles. The van der Waals surface area contributed by atoms with Crippen molar-refractivity contribution < 1.29 is 0 Å².